The molecule has 8 nitrogen and oxygen atoms in total. The van der Waals surface area contributed by atoms with Crippen LogP contribution in [0.5, 0.6) is 0 Å². The van der Waals surface area contributed by atoms with Gasteiger partial charge in [-0.3, -0.25) is 14.3 Å². The minimum absolute atomic E-state index is 0.0185. The quantitative estimate of drug-likeness (QED) is 0.260. The van der Waals surface area contributed by atoms with Gasteiger partial charge in [-0.05, 0) is 37.6 Å². The standard InChI is InChI=1S/C32H34Cl2F2N6O2S/c1-3-27(43)41-18-5-6-19(41)16-40(15-18)31-22-12-24(34)28(21-11-23(33)26(36)13-25(21)35)30-29(22)42(32(44)37-31)20(17-45-30)14-39-9-7-38(4-2)8-10-39/h3,11-13,18-20H,1,4-10,14-17H2,2H3/t18?,19?,20-/m0/s1. The molecule has 238 valence electrons. The fourth-order valence-electron chi connectivity index (χ4n) is 7.53. The molecular weight excluding hydrogens is 641 g/mol. The number of benzene rings is 2. The number of piperazine rings is 2. The van der Waals surface area contributed by atoms with Crippen LogP contribution in [0.25, 0.3) is 22.0 Å². The Bertz CT molecular complexity index is 1750. The van der Waals surface area contributed by atoms with E-state index in [-0.39, 0.29) is 45.3 Å². The lowest BCUT2D eigenvalue weighted by molar-refractivity contribution is -0.129. The minimum atomic E-state index is -0.855. The van der Waals surface area contributed by atoms with E-state index in [2.05, 4.69) is 33.2 Å². The third-order valence-electron chi connectivity index (χ3n) is 9.75. The highest BCUT2D eigenvalue weighted by atomic mass is 35.5. The summed E-state index contributed by atoms with van der Waals surface area (Å²) >= 11 is 14.6. The predicted octanol–water partition coefficient (Wildman–Crippen LogP) is 5.30. The van der Waals surface area contributed by atoms with E-state index < -0.39 is 11.6 Å². The van der Waals surface area contributed by atoms with Gasteiger partial charge in [0, 0.05) is 91.1 Å². The molecule has 4 aliphatic heterocycles. The van der Waals surface area contributed by atoms with E-state index >= 15 is 4.39 Å². The average molecular weight is 676 g/mol. The zero-order valence-corrected chi connectivity index (χ0v) is 27.3. The number of rotatable bonds is 6. The summed E-state index contributed by atoms with van der Waals surface area (Å²) in [6.07, 6.45) is 3.08. The van der Waals surface area contributed by atoms with Gasteiger partial charge in [-0.15, -0.1) is 11.8 Å². The van der Waals surface area contributed by atoms with Crippen molar-refractivity contribution in [2.75, 3.05) is 63.0 Å². The van der Waals surface area contributed by atoms with Gasteiger partial charge in [-0.2, -0.15) is 4.98 Å². The number of hydrogen-bond donors (Lipinski definition) is 0. The van der Waals surface area contributed by atoms with E-state index in [0.29, 0.717) is 52.6 Å². The lowest BCUT2D eigenvalue weighted by atomic mass is 10.0. The fourth-order valence-corrected chi connectivity index (χ4v) is 9.38. The largest absolute Gasteiger partial charge is 0.352 e. The summed E-state index contributed by atoms with van der Waals surface area (Å²) in [6.45, 7) is 12.3. The summed E-state index contributed by atoms with van der Waals surface area (Å²) in [6, 6.07) is 3.57. The monoisotopic (exact) mass is 674 g/mol. The van der Waals surface area contributed by atoms with Crippen molar-refractivity contribution in [2.45, 2.75) is 42.8 Å². The molecule has 1 amide bonds. The van der Waals surface area contributed by atoms with Gasteiger partial charge in [0.05, 0.1) is 21.6 Å². The maximum atomic E-state index is 15.3. The molecule has 5 heterocycles. The van der Waals surface area contributed by atoms with Crippen LogP contribution in [0.3, 0.4) is 0 Å². The molecular formula is C32H34Cl2F2N6O2S. The van der Waals surface area contributed by atoms with Gasteiger partial charge < -0.3 is 14.7 Å². The molecule has 4 aliphatic rings. The summed E-state index contributed by atoms with van der Waals surface area (Å²) in [4.78, 5) is 40.8. The van der Waals surface area contributed by atoms with Crippen molar-refractivity contribution < 1.29 is 13.6 Å². The van der Waals surface area contributed by atoms with Crippen LogP contribution >= 0.6 is 35.0 Å². The van der Waals surface area contributed by atoms with E-state index in [0.717, 1.165) is 51.6 Å². The highest BCUT2D eigenvalue weighted by Crippen LogP contribution is 2.49. The van der Waals surface area contributed by atoms with Crippen molar-refractivity contribution >= 4 is 57.6 Å². The van der Waals surface area contributed by atoms with E-state index in [1.807, 2.05) is 4.90 Å². The number of aromatic nitrogens is 2. The first-order valence-corrected chi connectivity index (χ1v) is 17.1. The number of carbonyl (C=O) groups is 1. The van der Waals surface area contributed by atoms with Crippen LogP contribution in [0.15, 0.2) is 40.5 Å². The summed E-state index contributed by atoms with van der Waals surface area (Å²) in [5.41, 5.74) is 0.737. The van der Waals surface area contributed by atoms with Crippen molar-refractivity contribution in [3.8, 4) is 11.1 Å². The van der Waals surface area contributed by atoms with Crippen LogP contribution in [0, 0.1) is 11.6 Å². The van der Waals surface area contributed by atoms with Crippen LogP contribution in [0.2, 0.25) is 10.0 Å². The molecule has 3 atom stereocenters. The zero-order valence-electron chi connectivity index (χ0n) is 24.9. The summed E-state index contributed by atoms with van der Waals surface area (Å²) in [5.74, 6) is -0.647. The van der Waals surface area contributed by atoms with Gasteiger partial charge >= 0.3 is 5.69 Å². The molecule has 2 bridgehead atoms. The lowest BCUT2D eigenvalue weighted by Gasteiger charge is -2.42. The van der Waals surface area contributed by atoms with Crippen LogP contribution in [0.1, 0.15) is 25.8 Å². The van der Waals surface area contributed by atoms with Crippen molar-refractivity contribution in [3.63, 3.8) is 0 Å². The second-order valence-electron chi connectivity index (χ2n) is 12.2. The molecule has 13 heteroatoms. The molecule has 2 unspecified atom stereocenters. The van der Waals surface area contributed by atoms with Gasteiger partial charge in [0.15, 0.2) is 0 Å². The number of thioether (sulfide) groups is 1. The van der Waals surface area contributed by atoms with Gasteiger partial charge in [0.25, 0.3) is 0 Å². The first-order chi connectivity index (χ1) is 21.7. The summed E-state index contributed by atoms with van der Waals surface area (Å²) < 4.78 is 31.3. The molecule has 0 aliphatic carbocycles. The second-order valence-corrected chi connectivity index (χ2v) is 14.1. The molecule has 7 rings (SSSR count). The maximum absolute atomic E-state index is 15.3. The van der Waals surface area contributed by atoms with Crippen molar-refractivity contribution in [1.82, 2.24) is 24.3 Å². The Kier molecular flexibility index (Phi) is 8.35. The Morgan fingerprint density at radius 1 is 1.04 bits per heavy atom. The molecule has 2 aromatic carbocycles. The Labute approximate surface area is 274 Å². The summed E-state index contributed by atoms with van der Waals surface area (Å²) in [5, 5.41) is 0.746. The number of carbonyl (C=O) groups excluding carboxylic acids is 1. The molecule has 3 aromatic rings. The van der Waals surface area contributed by atoms with Crippen molar-refractivity contribution in [3.05, 3.63) is 63.0 Å². The third kappa shape index (κ3) is 5.34. The second kappa shape index (κ2) is 12.2. The van der Waals surface area contributed by atoms with Gasteiger partial charge in [-0.1, -0.05) is 36.7 Å². The molecule has 3 saturated heterocycles. The van der Waals surface area contributed by atoms with E-state index in [1.165, 1.54) is 23.9 Å². The molecule has 1 aromatic heterocycles. The molecule has 3 fully saturated rings. The number of anilines is 1. The lowest BCUT2D eigenvalue weighted by Crippen LogP contribution is -2.56. The van der Waals surface area contributed by atoms with E-state index in [4.69, 9.17) is 23.2 Å². The molecule has 0 spiro atoms. The smallest absolute Gasteiger partial charge is 0.350 e. The van der Waals surface area contributed by atoms with Crippen LogP contribution < -0.4 is 10.6 Å². The SMILES string of the molecule is C=CC(=O)N1C2CCC1CN(c1nc(=O)n3c4c(c(-c5cc(Cl)c(F)cc5F)c(Cl)cc14)SC[C@@H]3CN1CCN(CC)CC1)C2. The third-order valence-corrected chi connectivity index (χ3v) is 11.6. The first kappa shape index (κ1) is 30.9. The average Bonchev–Trinajstić information content (AvgIpc) is 3.30. The Morgan fingerprint density at radius 2 is 1.73 bits per heavy atom. The topological polar surface area (TPSA) is 64.9 Å². The number of nitrogens with zero attached hydrogens (tertiary/aromatic N) is 6. The van der Waals surface area contributed by atoms with E-state index in [9.17, 15) is 14.0 Å². The van der Waals surface area contributed by atoms with Crippen LogP contribution in [-0.4, -0.2) is 100 Å². The zero-order chi connectivity index (χ0) is 31.6. The first-order valence-electron chi connectivity index (χ1n) is 15.4. The van der Waals surface area contributed by atoms with Crippen LogP contribution in [0.4, 0.5) is 14.6 Å². The number of likely N-dealkylation sites (N-methyl/N-ethyl adjacent to an activating group) is 1. The molecule has 45 heavy (non-hydrogen) atoms. The number of fused-ring (bicyclic) bond motifs is 2. The molecule has 0 radical (unpaired) electrons. The molecule has 0 N–H and O–H groups in total. The Morgan fingerprint density at radius 3 is 2.40 bits per heavy atom. The highest BCUT2D eigenvalue weighted by Gasteiger charge is 2.43. The Balaban J connectivity index is 1.37. The highest BCUT2D eigenvalue weighted by molar-refractivity contribution is 7.99. The minimum Gasteiger partial charge on any atom is -0.352 e. The normalized spacial score (nSPS) is 23.6. The van der Waals surface area contributed by atoms with Crippen LogP contribution in [-0.2, 0) is 4.79 Å². The van der Waals surface area contributed by atoms with Gasteiger partial charge in [0.1, 0.15) is 17.5 Å². The van der Waals surface area contributed by atoms with Crippen molar-refractivity contribution in [1.29, 1.82) is 0 Å². The van der Waals surface area contributed by atoms with Gasteiger partial charge in [-0.25, -0.2) is 13.6 Å². The van der Waals surface area contributed by atoms with Crippen molar-refractivity contribution in [2.24, 2.45) is 0 Å². The van der Waals surface area contributed by atoms with Gasteiger partial charge in [0.2, 0.25) is 5.91 Å². The van der Waals surface area contributed by atoms with E-state index in [1.54, 1.807) is 10.6 Å². The number of halogens is 4. The number of amides is 1. The molecule has 0 saturated carbocycles. The fraction of sp³-hybridized carbons (Fsp3) is 0.469. The predicted molar refractivity (Wildman–Crippen MR) is 176 cm³/mol. The summed E-state index contributed by atoms with van der Waals surface area (Å²) in [7, 11) is 0. The Hall–Kier alpha value is -2.70. The number of hydrogen-bond acceptors (Lipinski definition) is 7. The maximum Gasteiger partial charge on any atom is 0.350 e.